The number of nitrogens with one attached hydrogen (secondary N) is 1. The van der Waals surface area contributed by atoms with Gasteiger partial charge in [-0.3, -0.25) is 9.89 Å². The van der Waals surface area contributed by atoms with E-state index < -0.39 is 23.3 Å². The van der Waals surface area contributed by atoms with Gasteiger partial charge < -0.3 is 0 Å². The Kier molecular flexibility index (Phi) is 2.43. The van der Waals surface area contributed by atoms with Crippen LogP contribution >= 0.6 is 0 Å². The van der Waals surface area contributed by atoms with E-state index in [1.807, 2.05) is 0 Å². The van der Waals surface area contributed by atoms with E-state index in [2.05, 4.69) is 15.1 Å². The van der Waals surface area contributed by atoms with Crippen molar-refractivity contribution in [1.29, 1.82) is 0 Å². The summed E-state index contributed by atoms with van der Waals surface area (Å²) >= 11 is 0. The monoisotopic (exact) mass is 205 g/mol. The largest absolute Gasteiger partial charge is 0.433 e. The second kappa shape index (κ2) is 3.38. The molecule has 0 saturated heterocycles. The molecule has 0 aliphatic carbocycles. The molecule has 0 radical (unpaired) electrons. The van der Waals surface area contributed by atoms with Gasteiger partial charge in [-0.2, -0.15) is 18.3 Å². The Hall–Kier alpha value is -2.02. The van der Waals surface area contributed by atoms with Gasteiger partial charge >= 0.3 is 6.18 Å². The highest BCUT2D eigenvalue weighted by atomic mass is 19.4. The lowest BCUT2D eigenvalue weighted by molar-refractivity contribution is -0.141. The summed E-state index contributed by atoms with van der Waals surface area (Å²) in [7, 11) is 0. The molecule has 1 aromatic rings. The molecule has 0 unspecified atom stereocenters. The van der Waals surface area contributed by atoms with Gasteiger partial charge in [-0.1, -0.05) is 0 Å². The fraction of sp³-hybridized carbons (Fsp3) is 0.200. The Bertz CT molecular complexity index is 402. The van der Waals surface area contributed by atoms with Crippen LogP contribution in [0.3, 0.4) is 0 Å². The van der Waals surface area contributed by atoms with E-state index in [0.29, 0.717) is 6.20 Å². The fourth-order valence-electron chi connectivity index (χ4n) is 0.759. The van der Waals surface area contributed by atoms with Gasteiger partial charge in [-0.05, 0) is 10.6 Å². The maximum absolute atomic E-state index is 12.1. The number of aromatic amines is 1. The summed E-state index contributed by atoms with van der Waals surface area (Å²) in [6.07, 6.45) is -4.08. The maximum atomic E-state index is 12.1. The zero-order chi connectivity index (χ0) is 10.8. The number of alkyl halides is 3. The SMILES string of the molecule is [N-]=[N+]=NC(=O)c1cn[nH]c1C(F)(F)F. The molecular formula is C5H2F3N5O. The van der Waals surface area contributed by atoms with Gasteiger partial charge in [0.1, 0.15) is 0 Å². The standard InChI is InChI=1S/C5H2F3N5O/c6-5(7,8)3-2(1-10-11-3)4(14)12-13-9/h1H,(H,10,11). The van der Waals surface area contributed by atoms with Gasteiger partial charge in [0.15, 0.2) is 5.69 Å². The second-order valence-corrected chi connectivity index (χ2v) is 2.15. The Labute approximate surface area is 74.4 Å². The first kappa shape index (κ1) is 10.1. The first-order chi connectivity index (χ1) is 6.46. The van der Waals surface area contributed by atoms with Gasteiger partial charge in [0, 0.05) is 4.91 Å². The van der Waals surface area contributed by atoms with E-state index in [0.717, 1.165) is 0 Å². The van der Waals surface area contributed by atoms with Crippen LogP contribution in [0.4, 0.5) is 13.2 Å². The highest BCUT2D eigenvalue weighted by Gasteiger charge is 2.37. The number of azide groups is 1. The Morgan fingerprint density at radius 1 is 1.64 bits per heavy atom. The van der Waals surface area contributed by atoms with Crippen LogP contribution in [0.25, 0.3) is 10.4 Å². The molecule has 0 fully saturated rings. The van der Waals surface area contributed by atoms with Crippen molar-refractivity contribution in [3.05, 3.63) is 27.9 Å². The Morgan fingerprint density at radius 3 is 2.79 bits per heavy atom. The van der Waals surface area contributed by atoms with Gasteiger partial charge in [0.2, 0.25) is 0 Å². The van der Waals surface area contributed by atoms with E-state index in [1.165, 1.54) is 0 Å². The van der Waals surface area contributed by atoms with Crippen LogP contribution in [0, 0.1) is 0 Å². The van der Waals surface area contributed by atoms with Crippen molar-refractivity contribution in [2.24, 2.45) is 5.11 Å². The lowest BCUT2D eigenvalue weighted by atomic mass is 10.2. The summed E-state index contributed by atoms with van der Waals surface area (Å²) in [4.78, 5) is 12.9. The molecule has 0 aliphatic heterocycles. The molecule has 9 heteroatoms. The summed E-state index contributed by atoms with van der Waals surface area (Å²) in [6, 6.07) is 0. The number of rotatable bonds is 1. The molecule has 1 aromatic heterocycles. The van der Waals surface area contributed by atoms with Crippen LogP contribution < -0.4 is 0 Å². The topological polar surface area (TPSA) is 94.5 Å². The van der Waals surface area contributed by atoms with Crippen molar-refractivity contribution in [2.75, 3.05) is 0 Å². The van der Waals surface area contributed by atoms with Gasteiger partial charge in [0.05, 0.1) is 11.8 Å². The van der Waals surface area contributed by atoms with Crippen molar-refractivity contribution in [1.82, 2.24) is 10.2 Å². The number of halogens is 3. The predicted molar refractivity (Wildman–Crippen MR) is 37.1 cm³/mol. The van der Waals surface area contributed by atoms with Gasteiger partial charge in [-0.25, -0.2) is 0 Å². The third-order valence-electron chi connectivity index (χ3n) is 1.29. The van der Waals surface area contributed by atoms with Crippen LogP contribution in [-0.2, 0) is 6.18 Å². The summed E-state index contributed by atoms with van der Waals surface area (Å²) in [5.74, 6) is -1.33. The number of nitrogens with zero attached hydrogens (tertiary/aromatic N) is 4. The van der Waals surface area contributed by atoms with Crippen molar-refractivity contribution in [3.8, 4) is 0 Å². The zero-order valence-corrected chi connectivity index (χ0v) is 6.41. The second-order valence-electron chi connectivity index (χ2n) is 2.15. The molecule has 0 spiro atoms. The number of amides is 1. The van der Waals surface area contributed by atoms with Crippen molar-refractivity contribution >= 4 is 5.91 Å². The molecule has 1 amide bonds. The molecule has 14 heavy (non-hydrogen) atoms. The van der Waals surface area contributed by atoms with Crippen molar-refractivity contribution in [3.63, 3.8) is 0 Å². The first-order valence-electron chi connectivity index (χ1n) is 3.17. The highest BCUT2D eigenvalue weighted by Crippen LogP contribution is 2.30. The first-order valence-corrected chi connectivity index (χ1v) is 3.17. The average Bonchev–Trinajstić information content (AvgIpc) is 2.50. The molecule has 0 aromatic carbocycles. The molecule has 1 rings (SSSR count). The average molecular weight is 205 g/mol. The van der Waals surface area contributed by atoms with E-state index >= 15 is 0 Å². The number of carbonyl (C=O) groups is 1. The third-order valence-corrected chi connectivity index (χ3v) is 1.29. The predicted octanol–water partition coefficient (Wildman–Crippen LogP) is 1.88. The van der Waals surface area contributed by atoms with Crippen LogP contribution in [0.2, 0.25) is 0 Å². The molecule has 74 valence electrons. The Balaban J connectivity index is 3.17. The lowest BCUT2D eigenvalue weighted by Gasteiger charge is -2.03. The number of H-pyrrole nitrogens is 1. The fourth-order valence-corrected chi connectivity index (χ4v) is 0.759. The molecule has 0 aliphatic rings. The number of aromatic nitrogens is 2. The quantitative estimate of drug-likeness (QED) is 0.430. The summed E-state index contributed by atoms with van der Waals surface area (Å²) in [5, 5.41) is 7.17. The van der Waals surface area contributed by atoms with Gasteiger partial charge in [0.25, 0.3) is 5.91 Å². The minimum atomic E-state index is -4.73. The molecule has 0 saturated carbocycles. The van der Waals surface area contributed by atoms with E-state index in [-0.39, 0.29) is 0 Å². The summed E-state index contributed by atoms with van der Waals surface area (Å²) in [5.41, 5.74) is 5.73. The van der Waals surface area contributed by atoms with Crippen LogP contribution in [0.1, 0.15) is 16.1 Å². The zero-order valence-electron chi connectivity index (χ0n) is 6.41. The van der Waals surface area contributed by atoms with E-state index in [4.69, 9.17) is 5.53 Å². The summed E-state index contributed by atoms with van der Waals surface area (Å²) in [6.45, 7) is 0. The maximum Gasteiger partial charge on any atom is 0.433 e. The van der Waals surface area contributed by atoms with Crippen LogP contribution in [0.5, 0.6) is 0 Å². The lowest BCUT2D eigenvalue weighted by Crippen LogP contribution is -2.11. The molecule has 1 N–H and O–H groups in total. The van der Waals surface area contributed by atoms with E-state index in [1.54, 1.807) is 5.10 Å². The van der Waals surface area contributed by atoms with E-state index in [9.17, 15) is 18.0 Å². The third kappa shape index (κ3) is 1.83. The molecular weight excluding hydrogens is 203 g/mol. The highest BCUT2D eigenvalue weighted by molar-refractivity contribution is 5.95. The number of hydrogen-bond donors (Lipinski definition) is 1. The number of carbonyl (C=O) groups excluding carboxylic acids is 1. The minimum absolute atomic E-state index is 0.653. The number of hydrogen-bond acceptors (Lipinski definition) is 2. The summed E-state index contributed by atoms with van der Waals surface area (Å²) < 4.78 is 36.4. The van der Waals surface area contributed by atoms with Crippen LogP contribution in [-0.4, -0.2) is 16.1 Å². The molecule has 6 nitrogen and oxygen atoms in total. The minimum Gasteiger partial charge on any atom is -0.287 e. The molecule has 0 bridgehead atoms. The smallest absolute Gasteiger partial charge is 0.287 e. The van der Waals surface area contributed by atoms with Crippen LogP contribution in [0.15, 0.2) is 11.3 Å². The molecule has 0 atom stereocenters. The van der Waals surface area contributed by atoms with Crippen molar-refractivity contribution in [2.45, 2.75) is 6.18 Å². The Morgan fingerprint density at radius 2 is 2.29 bits per heavy atom. The van der Waals surface area contributed by atoms with Gasteiger partial charge in [-0.15, -0.1) is 0 Å². The van der Waals surface area contributed by atoms with Crippen molar-refractivity contribution < 1.29 is 18.0 Å². The molecule has 1 heterocycles. The normalized spacial score (nSPS) is 10.8.